The zero-order chi connectivity index (χ0) is 13.6. The Morgan fingerprint density at radius 3 is 2.50 bits per heavy atom. The lowest BCUT2D eigenvalue weighted by Crippen LogP contribution is -2.46. The highest BCUT2D eigenvalue weighted by atomic mass is 32.2. The Morgan fingerprint density at radius 1 is 1.22 bits per heavy atom. The molecular formula is C14H29NO2S. The first kappa shape index (κ1) is 16.0. The third kappa shape index (κ3) is 4.88. The van der Waals surface area contributed by atoms with Gasteiger partial charge in [-0.2, -0.15) is 0 Å². The molecule has 1 N–H and O–H groups in total. The van der Waals surface area contributed by atoms with Gasteiger partial charge in [0.2, 0.25) is 0 Å². The molecule has 0 saturated carbocycles. The average molecular weight is 275 g/mol. The normalized spacial score (nSPS) is 25.2. The predicted molar refractivity (Wildman–Crippen MR) is 77.6 cm³/mol. The van der Waals surface area contributed by atoms with Crippen LogP contribution in [0.5, 0.6) is 0 Å². The molecule has 18 heavy (non-hydrogen) atoms. The largest absolute Gasteiger partial charge is 0.313 e. The summed E-state index contributed by atoms with van der Waals surface area (Å²) in [6, 6.07) is 0.166. The van der Waals surface area contributed by atoms with Crippen molar-refractivity contribution in [1.82, 2.24) is 5.32 Å². The second kappa shape index (κ2) is 7.49. The van der Waals surface area contributed by atoms with Crippen LogP contribution in [0.15, 0.2) is 0 Å². The van der Waals surface area contributed by atoms with Crippen molar-refractivity contribution in [2.24, 2.45) is 5.92 Å². The van der Waals surface area contributed by atoms with E-state index in [0.29, 0.717) is 11.7 Å². The number of nitrogens with one attached hydrogen (secondary N) is 1. The van der Waals surface area contributed by atoms with Crippen LogP contribution in [-0.2, 0) is 9.84 Å². The van der Waals surface area contributed by atoms with E-state index >= 15 is 0 Å². The lowest BCUT2D eigenvalue weighted by molar-refractivity contribution is 0.400. The first-order valence-electron chi connectivity index (χ1n) is 7.42. The van der Waals surface area contributed by atoms with E-state index in [2.05, 4.69) is 26.1 Å². The van der Waals surface area contributed by atoms with Crippen LogP contribution >= 0.6 is 0 Å². The highest BCUT2D eigenvalue weighted by molar-refractivity contribution is 7.92. The smallest absolute Gasteiger partial charge is 0.154 e. The Morgan fingerprint density at radius 2 is 1.94 bits per heavy atom. The molecular weight excluding hydrogens is 246 g/mol. The monoisotopic (exact) mass is 275 g/mol. The van der Waals surface area contributed by atoms with Gasteiger partial charge in [-0.05, 0) is 31.7 Å². The fourth-order valence-electron chi connectivity index (χ4n) is 2.86. The summed E-state index contributed by atoms with van der Waals surface area (Å²) in [6.45, 7) is 7.36. The summed E-state index contributed by atoms with van der Waals surface area (Å²) in [5.74, 6) is 1.10. The fourth-order valence-corrected chi connectivity index (χ4v) is 5.03. The van der Waals surface area contributed by atoms with Crippen LogP contribution in [0.3, 0.4) is 0 Å². The molecule has 0 aromatic carbocycles. The van der Waals surface area contributed by atoms with E-state index in [9.17, 15) is 8.42 Å². The molecule has 1 aliphatic rings. The summed E-state index contributed by atoms with van der Waals surface area (Å²) in [5, 5.41) is 3.26. The van der Waals surface area contributed by atoms with E-state index in [4.69, 9.17) is 0 Å². The highest BCUT2D eigenvalue weighted by Gasteiger charge is 2.34. The highest BCUT2D eigenvalue weighted by Crippen LogP contribution is 2.25. The van der Waals surface area contributed by atoms with Crippen LogP contribution in [0.25, 0.3) is 0 Å². The van der Waals surface area contributed by atoms with Crippen LogP contribution in [0.2, 0.25) is 0 Å². The van der Waals surface area contributed by atoms with Crippen molar-refractivity contribution >= 4 is 9.84 Å². The molecule has 4 heteroatoms. The van der Waals surface area contributed by atoms with Crippen molar-refractivity contribution in [3.05, 3.63) is 0 Å². The van der Waals surface area contributed by atoms with Crippen molar-refractivity contribution in [1.29, 1.82) is 0 Å². The number of rotatable bonds is 7. The van der Waals surface area contributed by atoms with Crippen molar-refractivity contribution in [3.8, 4) is 0 Å². The molecule has 0 aromatic rings. The van der Waals surface area contributed by atoms with E-state index in [1.165, 1.54) is 6.42 Å². The molecule has 0 aliphatic carbocycles. The van der Waals surface area contributed by atoms with E-state index in [-0.39, 0.29) is 11.3 Å². The summed E-state index contributed by atoms with van der Waals surface area (Å²) in [5.41, 5.74) is 0. The second-order valence-electron chi connectivity index (χ2n) is 5.89. The van der Waals surface area contributed by atoms with Crippen molar-refractivity contribution in [2.45, 2.75) is 70.6 Å². The molecule has 1 heterocycles. The van der Waals surface area contributed by atoms with Gasteiger partial charge in [0.15, 0.2) is 9.84 Å². The average Bonchev–Trinajstić information content (AvgIpc) is 2.27. The zero-order valence-corrected chi connectivity index (χ0v) is 12.9. The summed E-state index contributed by atoms with van der Waals surface area (Å²) in [7, 11) is -2.86. The van der Waals surface area contributed by atoms with Gasteiger partial charge >= 0.3 is 0 Å². The Labute approximate surface area is 113 Å². The number of hydrogen-bond donors (Lipinski definition) is 1. The topological polar surface area (TPSA) is 46.2 Å². The third-order valence-corrected chi connectivity index (χ3v) is 6.18. The van der Waals surface area contributed by atoms with Gasteiger partial charge in [-0.15, -0.1) is 0 Å². The molecule has 0 aromatic heterocycles. The number of sulfone groups is 1. The number of hydrogen-bond acceptors (Lipinski definition) is 3. The molecule has 2 atom stereocenters. The molecule has 1 rings (SSSR count). The van der Waals surface area contributed by atoms with Gasteiger partial charge in [-0.1, -0.05) is 40.0 Å². The predicted octanol–water partition coefficient (Wildman–Crippen LogP) is 2.76. The van der Waals surface area contributed by atoms with Gasteiger partial charge in [0, 0.05) is 6.04 Å². The van der Waals surface area contributed by atoms with Crippen LogP contribution in [-0.4, -0.2) is 32.0 Å². The minimum Gasteiger partial charge on any atom is -0.313 e. The standard InChI is InChI=1S/C14H29NO2S/c1-4-15-13(9-7-8-12(2)3)14-10-5-6-11-18(14,16)17/h12-15H,4-11H2,1-3H3. The van der Waals surface area contributed by atoms with Gasteiger partial charge in [0.1, 0.15) is 0 Å². The molecule has 0 amide bonds. The Hall–Kier alpha value is -0.0900. The maximum absolute atomic E-state index is 12.2. The Balaban J connectivity index is 2.59. The van der Waals surface area contributed by atoms with Gasteiger partial charge in [0.05, 0.1) is 11.0 Å². The Kier molecular flexibility index (Phi) is 6.64. The van der Waals surface area contributed by atoms with E-state index in [1.807, 2.05) is 0 Å². The second-order valence-corrected chi connectivity index (χ2v) is 8.23. The summed E-state index contributed by atoms with van der Waals surface area (Å²) in [6.07, 6.45) is 6.08. The van der Waals surface area contributed by atoms with Crippen LogP contribution in [0.4, 0.5) is 0 Å². The molecule has 0 radical (unpaired) electrons. The minimum atomic E-state index is -2.86. The van der Waals surface area contributed by atoms with E-state index in [1.54, 1.807) is 0 Å². The SMILES string of the molecule is CCNC(CCCC(C)C)C1CCCCS1(=O)=O. The lowest BCUT2D eigenvalue weighted by Gasteiger charge is -2.30. The molecule has 108 valence electrons. The first-order valence-corrected chi connectivity index (χ1v) is 9.14. The third-order valence-electron chi connectivity index (χ3n) is 3.84. The first-order chi connectivity index (χ1) is 8.47. The zero-order valence-electron chi connectivity index (χ0n) is 12.1. The maximum atomic E-state index is 12.2. The van der Waals surface area contributed by atoms with Gasteiger partial charge in [-0.3, -0.25) is 0 Å². The Bertz CT molecular complexity index is 325. The summed E-state index contributed by atoms with van der Waals surface area (Å²) >= 11 is 0. The molecule has 3 nitrogen and oxygen atoms in total. The van der Waals surface area contributed by atoms with Crippen molar-refractivity contribution < 1.29 is 8.42 Å². The van der Waals surface area contributed by atoms with Crippen LogP contribution < -0.4 is 5.32 Å². The molecule has 1 aliphatic heterocycles. The quantitative estimate of drug-likeness (QED) is 0.777. The van der Waals surface area contributed by atoms with Crippen molar-refractivity contribution in [2.75, 3.05) is 12.3 Å². The molecule has 1 saturated heterocycles. The van der Waals surface area contributed by atoms with Gasteiger partial charge < -0.3 is 5.32 Å². The summed E-state index contributed by atoms with van der Waals surface area (Å²) in [4.78, 5) is 0. The molecule has 0 bridgehead atoms. The molecule has 1 fully saturated rings. The van der Waals surface area contributed by atoms with E-state index < -0.39 is 9.84 Å². The van der Waals surface area contributed by atoms with Crippen molar-refractivity contribution in [3.63, 3.8) is 0 Å². The lowest BCUT2D eigenvalue weighted by atomic mass is 9.98. The van der Waals surface area contributed by atoms with Crippen LogP contribution in [0, 0.1) is 5.92 Å². The fraction of sp³-hybridized carbons (Fsp3) is 1.00. The summed E-state index contributed by atoms with van der Waals surface area (Å²) < 4.78 is 24.3. The minimum absolute atomic E-state index is 0.140. The molecule has 0 spiro atoms. The van der Waals surface area contributed by atoms with Gasteiger partial charge in [0.25, 0.3) is 0 Å². The van der Waals surface area contributed by atoms with E-state index in [0.717, 1.165) is 38.6 Å². The maximum Gasteiger partial charge on any atom is 0.154 e. The van der Waals surface area contributed by atoms with Gasteiger partial charge in [-0.25, -0.2) is 8.42 Å². The molecule has 2 unspecified atom stereocenters. The van der Waals surface area contributed by atoms with Crippen LogP contribution in [0.1, 0.15) is 59.3 Å².